The van der Waals surface area contributed by atoms with Crippen LogP contribution in [0.25, 0.3) is 0 Å². The second-order valence-electron chi connectivity index (χ2n) is 4.39. The summed E-state index contributed by atoms with van der Waals surface area (Å²) < 4.78 is 4.89. The van der Waals surface area contributed by atoms with Crippen molar-refractivity contribution in [1.82, 2.24) is 5.32 Å². The number of rotatable bonds is 5. The minimum absolute atomic E-state index is 0.0622. The number of phenols is 1. The maximum atomic E-state index is 11.7. The van der Waals surface area contributed by atoms with Crippen molar-refractivity contribution in [3.63, 3.8) is 0 Å². The predicted octanol–water partition coefficient (Wildman–Crippen LogP) is 1.87. The lowest BCUT2D eigenvalue weighted by Gasteiger charge is -2.06. The molecule has 2 aromatic carbocycles. The number of amides is 1. The highest BCUT2D eigenvalue weighted by atomic mass is 16.5. The van der Waals surface area contributed by atoms with Gasteiger partial charge in [0.15, 0.2) is 6.61 Å². The molecule has 2 aromatic rings. The first-order chi connectivity index (χ1) is 10.1. The molecule has 0 bridgehead atoms. The molecular weight excluding hydrogens is 270 g/mol. The van der Waals surface area contributed by atoms with Crippen LogP contribution in [0.1, 0.15) is 15.9 Å². The molecule has 21 heavy (non-hydrogen) atoms. The fourth-order valence-corrected chi connectivity index (χ4v) is 1.66. The first kappa shape index (κ1) is 14.6. The van der Waals surface area contributed by atoms with Crippen molar-refractivity contribution in [3.05, 3.63) is 65.7 Å². The summed E-state index contributed by atoms with van der Waals surface area (Å²) in [6, 6.07) is 15.1. The van der Waals surface area contributed by atoms with Crippen molar-refractivity contribution >= 4 is 11.9 Å². The Morgan fingerprint density at radius 1 is 1.00 bits per heavy atom. The van der Waals surface area contributed by atoms with Crippen molar-refractivity contribution in [1.29, 1.82) is 0 Å². The van der Waals surface area contributed by atoms with E-state index < -0.39 is 5.97 Å². The number of esters is 1. The standard InChI is InChI=1S/C16H15NO4/c18-14-8-6-13(7-9-14)16(20)21-11-15(19)17-10-12-4-2-1-3-5-12/h1-9,18H,10-11H2,(H,17,19). The first-order valence-electron chi connectivity index (χ1n) is 6.42. The Morgan fingerprint density at radius 3 is 2.33 bits per heavy atom. The van der Waals surface area contributed by atoms with Crippen LogP contribution in [0.4, 0.5) is 0 Å². The molecule has 0 aliphatic rings. The number of benzene rings is 2. The van der Waals surface area contributed by atoms with Gasteiger partial charge in [-0.15, -0.1) is 0 Å². The normalized spacial score (nSPS) is 9.90. The van der Waals surface area contributed by atoms with Crippen molar-refractivity contribution in [2.45, 2.75) is 6.54 Å². The van der Waals surface area contributed by atoms with E-state index in [2.05, 4.69) is 5.32 Å². The van der Waals surface area contributed by atoms with E-state index in [9.17, 15) is 9.59 Å². The van der Waals surface area contributed by atoms with Gasteiger partial charge in [-0.05, 0) is 29.8 Å². The summed E-state index contributed by atoms with van der Waals surface area (Å²) in [5.41, 5.74) is 1.25. The predicted molar refractivity (Wildman–Crippen MR) is 76.7 cm³/mol. The van der Waals surface area contributed by atoms with Crippen LogP contribution in [0.3, 0.4) is 0 Å². The zero-order chi connectivity index (χ0) is 15.1. The minimum atomic E-state index is -0.607. The summed E-state index contributed by atoms with van der Waals surface area (Å²) in [4.78, 5) is 23.2. The molecule has 108 valence electrons. The van der Waals surface area contributed by atoms with E-state index in [0.717, 1.165) is 5.56 Å². The molecule has 0 aliphatic carbocycles. The van der Waals surface area contributed by atoms with E-state index >= 15 is 0 Å². The van der Waals surface area contributed by atoms with Crippen LogP contribution >= 0.6 is 0 Å². The molecule has 0 atom stereocenters. The van der Waals surface area contributed by atoms with Crippen LogP contribution in [0, 0.1) is 0 Å². The Kier molecular flexibility index (Phi) is 4.93. The largest absolute Gasteiger partial charge is 0.508 e. The molecule has 1 amide bonds. The highest BCUT2D eigenvalue weighted by Crippen LogP contribution is 2.10. The molecule has 0 heterocycles. The van der Waals surface area contributed by atoms with Crippen molar-refractivity contribution in [2.24, 2.45) is 0 Å². The van der Waals surface area contributed by atoms with Gasteiger partial charge in [-0.1, -0.05) is 30.3 Å². The first-order valence-corrected chi connectivity index (χ1v) is 6.42. The fourth-order valence-electron chi connectivity index (χ4n) is 1.66. The topological polar surface area (TPSA) is 75.6 Å². The molecule has 0 radical (unpaired) electrons. The number of ether oxygens (including phenoxy) is 1. The second kappa shape index (κ2) is 7.09. The van der Waals surface area contributed by atoms with E-state index in [1.54, 1.807) is 0 Å². The van der Waals surface area contributed by atoms with Crippen molar-refractivity contribution < 1.29 is 19.4 Å². The van der Waals surface area contributed by atoms with Crippen LogP contribution < -0.4 is 5.32 Å². The SMILES string of the molecule is O=C(COC(=O)c1ccc(O)cc1)NCc1ccccc1. The van der Waals surface area contributed by atoms with E-state index in [1.165, 1.54) is 24.3 Å². The monoisotopic (exact) mass is 285 g/mol. The van der Waals surface area contributed by atoms with E-state index in [1.807, 2.05) is 30.3 Å². The number of phenolic OH excluding ortho intramolecular Hbond substituents is 1. The molecule has 0 aliphatic heterocycles. The molecule has 2 rings (SSSR count). The van der Waals surface area contributed by atoms with Gasteiger partial charge < -0.3 is 15.2 Å². The number of carbonyl (C=O) groups excluding carboxylic acids is 2. The van der Waals surface area contributed by atoms with Gasteiger partial charge in [0.2, 0.25) is 0 Å². The minimum Gasteiger partial charge on any atom is -0.508 e. The summed E-state index contributed by atoms with van der Waals surface area (Å²) >= 11 is 0. The van der Waals surface area contributed by atoms with Crippen LogP contribution in [0.15, 0.2) is 54.6 Å². The molecule has 0 unspecified atom stereocenters. The van der Waals surface area contributed by atoms with Gasteiger partial charge in [-0.3, -0.25) is 4.79 Å². The Morgan fingerprint density at radius 2 is 1.67 bits per heavy atom. The van der Waals surface area contributed by atoms with Crippen LogP contribution in [-0.2, 0) is 16.1 Å². The average molecular weight is 285 g/mol. The third-order valence-electron chi connectivity index (χ3n) is 2.77. The Bertz CT molecular complexity index is 608. The molecule has 0 saturated heterocycles. The van der Waals surface area contributed by atoms with Gasteiger partial charge in [0, 0.05) is 6.54 Å². The summed E-state index contributed by atoms with van der Waals surface area (Å²) in [7, 11) is 0. The Balaban J connectivity index is 1.76. The lowest BCUT2D eigenvalue weighted by atomic mass is 10.2. The number of hydrogen-bond acceptors (Lipinski definition) is 4. The maximum Gasteiger partial charge on any atom is 0.338 e. The van der Waals surface area contributed by atoms with Gasteiger partial charge >= 0.3 is 5.97 Å². The van der Waals surface area contributed by atoms with Crippen LogP contribution in [0.2, 0.25) is 0 Å². The lowest BCUT2D eigenvalue weighted by molar-refractivity contribution is -0.124. The molecule has 0 saturated carbocycles. The van der Waals surface area contributed by atoms with Gasteiger partial charge in [0.25, 0.3) is 5.91 Å². The second-order valence-corrected chi connectivity index (χ2v) is 4.39. The van der Waals surface area contributed by atoms with Crippen molar-refractivity contribution in [3.8, 4) is 5.75 Å². The summed E-state index contributed by atoms with van der Waals surface area (Å²) in [5.74, 6) is -0.914. The zero-order valence-corrected chi connectivity index (χ0v) is 11.3. The van der Waals surface area contributed by atoms with Crippen molar-refractivity contribution in [2.75, 3.05) is 6.61 Å². The summed E-state index contributed by atoms with van der Waals surface area (Å²) in [6.45, 7) is 0.0446. The quantitative estimate of drug-likeness (QED) is 0.822. The Labute approximate surface area is 122 Å². The number of hydrogen-bond donors (Lipinski definition) is 2. The maximum absolute atomic E-state index is 11.7. The molecule has 2 N–H and O–H groups in total. The molecular formula is C16H15NO4. The fraction of sp³-hybridized carbons (Fsp3) is 0.125. The average Bonchev–Trinajstić information content (AvgIpc) is 2.52. The molecule has 5 nitrogen and oxygen atoms in total. The van der Waals surface area contributed by atoms with Gasteiger partial charge in [0.05, 0.1) is 5.56 Å². The van der Waals surface area contributed by atoms with Crippen LogP contribution in [0.5, 0.6) is 5.75 Å². The summed E-state index contributed by atoms with van der Waals surface area (Å²) in [5, 5.41) is 11.8. The molecule has 0 aromatic heterocycles. The molecule has 5 heteroatoms. The van der Waals surface area contributed by atoms with Gasteiger partial charge in [-0.25, -0.2) is 4.79 Å². The van der Waals surface area contributed by atoms with Gasteiger partial charge in [-0.2, -0.15) is 0 Å². The Hall–Kier alpha value is -2.82. The molecule has 0 fully saturated rings. The molecule has 0 spiro atoms. The van der Waals surface area contributed by atoms with Gasteiger partial charge in [0.1, 0.15) is 5.75 Å². The van der Waals surface area contributed by atoms with E-state index in [0.29, 0.717) is 6.54 Å². The highest BCUT2D eigenvalue weighted by Gasteiger charge is 2.09. The van der Waals surface area contributed by atoms with E-state index in [4.69, 9.17) is 9.84 Å². The highest BCUT2D eigenvalue weighted by molar-refractivity contribution is 5.91. The number of nitrogens with one attached hydrogen (secondary N) is 1. The lowest BCUT2D eigenvalue weighted by Crippen LogP contribution is -2.28. The van der Waals surface area contributed by atoms with E-state index in [-0.39, 0.29) is 23.8 Å². The number of carbonyl (C=O) groups is 2. The number of aromatic hydroxyl groups is 1. The third-order valence-corrected chi connectivity index (χ3v) is 2.77. The third kappa shape index (κ3) is 4.65. The smallest absolute Gasteiger partial charge is 0.338 e. The van der Waals surface area contributed by atoms with Crippen LogP contribution in [-0.4, -0.2) is 23.6 Å². The zero-order valence-electron chi connectivity index (χ0n) is 11.3. The summed E-state index contributed by atoms with van der Waals surface area (Å²) in [6.07, 6.45) is 0.